The molecule has 0 aromatic heterocycles. The quantitative estimate of drug-likeness (QED) is 0.845. The molecule has 0 aliphatic carbocycles. The van der Waals surface area contributed by atoms with Gasteiger partial charge in [0.2, 0.25) is 5.91 Å². The van der Waals surface area contributed by atoms with Gasteiger partial charge in [0.05, 0.1) is 6.54 Å². The van der Waals surface area contributed by atoms with E-state index in [4.69, 9.17) is 0 Å². The van der Waals surface area contributed by atoms with Crippen LogP contribution in [0.15, 0.2) is 0 Å². The highest BCUT2D eigenvalue weighted by Gasteiger charge is 2.41. The van der Waals surface area contributed by atoms with Gasteiger partial charge in [-0.1, -0.05) is 0 Å². The van der Waals surface area contributed by atoms with Crippen LogP contribution in [0.4, 0.5) is 0 Å². The van der Waals surface area contributed by atoms with Crippen molar-refractivity contribution in [2.45, 2.75) is 58.0 Å². The van der Waals surface area contributed by atoms with Crippen molar-refractivity contribution in [3.8, 4) is 0 Å². The molecule has 1 spiro atoms. The predicted octanol–water partition coefficient (Wildman–Crippen LogP) is 1.88. The van der Waals surface area contributed by atoms with E-state index in [1.54, 1.807) is 0 Å². The zero-order valence-electron chi connectivity index (χ0n) is 13.4. The molecule has 5 heteroatoms. The van der Waals surface area contributed by atoms with E-state index in [1.165, 1.54) is 32.1 Å². The lowest BCUT2D eigenvalue weighted by atomic mass is 9.87. The Morgan fingerprint density at radius 1 is 1.24 bits per heavy atom. The number of carbonyl (C=O) groups excluding carboxylic acids is 1. The summed E-state index contributed by atoms with van der Waals surface area (Å²) in [5.41, 5.74) is 0.472. The third-order valence-corrected chi connectivity index (χ3v) is 5.69. The summed E-state index contributed by atoms with van der Waals surface area (Å²) >= 11 is 0. The molecule has 3 atom stereocenters. The zero-order valence-corrected chi connectivity index (χ0v) is 14.3. The first kappa shape index (κ1) is 17.0. The number of halogens is 1. The molecule has 3 aliphatic rings. The van der Waals surface area contributed by atoms with Crippen LogP contribution in [-0.2, 0) is 4.79 Å². The topological polar surface area (TPSA) is 35.6 Å². The average molecular weight is 316 g/mol. The maximum Gasteiger partial charge on any atom is 0.237 e. The van der Waals surface area contributed by atoms with Gasteiger partial charge in [-0.3, -0.25) is 9.69 Å². The van der Waals surface area contributed by atoms with Crippen molar-refractivity contribution in [1.82, 2.24) is 15.1 Å². The van der Waals surface area contributed by atoms with Gasteiger partial charge in [-0.25, -0.2) is 0 Å². The summed E-state index contributed by atoms with van der Waals surface area (Å²) in [5.74, 6) is 0.354. The second-order valence-corrected chi connectivity index (χ2v) is 7.32. The molecule has 0 bridgehead atoms. The van der Waals surface area contributed by atoms with E-state index in [0.717, 1.165) is 26.2 Å². The van der Waals surface area contributed by atoms with Crippen LogP contribution in [0.3, 0.4) is 0 Å². The van der Waals surface area contributed by atoms with E-state index in [-0.39, 0.29) is 12.4 Å². The fourth-order valence-electron chi connectivity index (χ4n) is 4.49. The van der Waals surface area contributed by atoms with Crippen LogP contribution in [-0.4, -0.2) is 60.5 Å². The van der Waals surface area contributed by atoms with E-state index in [1.807, 2.05) is 0 Å². The van der Waals surface area contributed by atoms with Gasteiger partial charge in [0.15, 0.2) is 0 Å². The van der Waals surface area contributed by atoms with Crippen molar-refractivity contribution >= 4 is 18.3 Å². The van der Waals surface area contributed by atoms with Gasteiger partial charge in [0.25, 0.3) is 0 Å². The van der Waals surface area contributed by atoms with Crippen molar-refractivity contribution in [2.24, 2.45) is 5.41 Å². The Morgan fingerprint density at radius 3 is 2.57 bits per heavy atom. The summed E-state index contributed by atoms with van der Waals surface area (Å²) < 4.78 is 0. The standard InChI is InChI=1S/C16H29N3O.ClH/c1-13-4-3-5-14(2)19(13)15(20)10-18-9-7-16(12-18)6-8-17-11-16;/h13-14,17H,3-12H2,1-2H3;1H. The van der Waals surface area contributed by atoms with Crippen molar-refractivity contribution < 1.29 is 4.79 Å². The minimum atomic E-state index is 0. The Labute approximate surface area is 135 Å². The van der Waals surface area contributed by atoms with E-state index in [9.17, 15) is 4.79 Å². The highest BCUT2D eigenvalue weighted by atomic mass is 35.5. The van der Waals surface area contributed by atoms with Crippen LogP contribution < -0.4 is 5.32 Å². The Morgan fingerprint density at radius 2 is 1.95 bits per heavy atom. The molecule has 3 heterocycles. The number of carbonyl (C=O) groups is 1. The first-order valence-electron chi connectivity index (χ1n) is 8.34. The summed E-state index contributed by atoms with van der Waals surface area (Å²) in [5, 5.41) is 3.48. The van der Waals surface area contributed by atoms with Crippen molar-refractivity contribution in [2.75, 3.05) is 32.7 Å². The lowest BCUT2D eigenvalue weighted by Gasteiger charge is -2.40. The molecular formula is C16H30ClN3O. The third kappa shape index (κ3) is 3.54. The molecule has 1 amide bonds. The third-order valence-electron chi connectivity index (χ3n) is 5.69. The molecule has 3 fully saturated rings. The summed E-state index contributed by atoms with van der Waals surface area (Å²) in [6.45, 7) is 9.57. The van der Waals surface area contributed by atoms with Crippen molar-refractivity contribution in [3.05, 3.63) is 0 Å². The number of amides is 1. The van der Waals surface area contributed by atoms with Gasteiger partial charge in [-0.15, -0.1) is 12.4 Å². The number of hydrogen-bond donors (Lipinski definition) is 1. The molecule has 3 aliphatic heterocycles. The number of nitrogens with one attached hydrogen (secondary N) is 1. The number of hydrogen-bond acceptors (Lipinski definition) is 3. The lowest BCUT2D eigenvalue weighted by Crippen LogP contribution is -2.51. The summed E-state index contributed by atoms with van der Waals surface area (Å²) in [6.07, 6.45) is 6.16. The smallest absolute Gasteiger partial charge is 0.237 e. The second kappa shape index (κ2) is 6.84. The summed E-state index contributed by atoms with van der Waals surface area (Å²) in [7, 11) is 0. The molecule has 0 saturated carbocycles. The van der Waals surface area contributed by atoms with Crippen molar-refractivity contribution in [3.63, 3.8) is 0 Å². The van der Waals surface area contributed by atoms with Crippen LogP contribution in [0.2, 0.25) is 0 Å². The largest absolute Gasteiger partial charge is 0.336 e. The molecular weight excluding hydrogens is 286 g/mol. The predicted molar refractivity (Wildman–Crippen MR) is 87.8 cm³/mol. The zero-order chi connectivity index (χ0) is 14.2. The highest BCUT2D eigenvalue weighted by molar-refractivity contribution is 5.85. The number of rotatable bonds is 2. The van der Waals surface area contributed by atoms with Gasteiger partial charge in [0, 0.05) is 25.2 Å². The average Bonchev–Trinajstić information content (AvgIpc) is 3.00. The van der Waals surface area contributed by atoms with Crippen LogP contribution in [0, 0.1) is 5.41 Å². The number of nitrogens with zero attached hydrogens (tertiary/aromatic N) is 2. The molecule has 122 valence electrons. The normalized spacial score (nSPS) is 37.0. The molecule has 3 rings (SSSR count). The SMILES string of the molecule is CC1CCCC(C)N1C(=O)CN1CCC2(CCNC2)C1.Cl. The molecule has 0 radical (unpaired) electrons. The fourth-order valence-corrected chi connectivity index (χ4v) is 4.49. The first-order chi connectivity index (χ1) is 9.60. The molecule has 21 heavy (non-hydrogen) atoms. The van der Waals surface area contributed by atoms with Gasteiger partial charge in [0.1, 0.15) is 0 Å². The molecule has 0 aromatic carbocycles. The van der Waals surface area contributed by atoms with Gasteiger partial charge >= 0.3 is 0 Å². The molecule has 0 aromatic rings. The van der Waals surface area contributed by atoms with Gasteiger partial charge in [-0.05, 0) is 64.5 Å². The minimum absolute atomic E-state index is 0. The van der Waals surface area contributed by atoms with Gasteiger partial charge in [-0.2, -0.15) is 0 Å². The molecule has 1 N–H and O–H groups in total. The summed E-state index contributed by atoms with van der Waals surface area (Å²) in [6, 6.07) is 0.854. The number of likely N-dealkylation sites (tertiary alicyclic amines) is 2. The van der Waals surface area contributed by atoms with E-state index < -0.39 is 0 Å². The Bertz CT molecular complexity index is 361. The summed E-state index contributed by atoms with van der Waals surface area (Å²) in [4.78, 5) is 17.2. The van der Waals surface area contributed by atoms with Crippen molar-refractivity contribution in [1.29, 1.82) is 0 Å². The lowest BCUT2D eigenvalue weighted by molar-refractivity contribution is -0.138. The molecule has 4 nitrogen and oxygen atoms in total. The van der Waals surface area contributed by atoms with Crippen LogP contribution in [0.5, 0.6) is 0 Å². The van der Waals surface area contributed by atoms with E-state index >= 15 is 0 Å². The van der Waals surface area contributed by atoms with Crippen LogP contribution in [0.1, 0.15) is 46.0 Å². The van der Waals surface area contributed by atoms with Crippen LogP contribution >= 0.6 is 12.4 Å². The first-order valence-corrected chi connectivity index (χ1v) is 8.34. The number of piperidine rings is 1. The molecule has 3 saturated heterocycles. The Kier molecular flexibility index (Phi) is 5.55. The fraction of sp³-hybridized carbons (Fsp3) is 0.938. The van der Waals surface area contributed by atoms with Gasteiger partial charge < -0.3 is 10.2 Å². The highest BCUT2D eigenvalue weighted by Crippen LogP contribution is 2.36. The Balaban J connectivity index is 0.00000161. The van der Waals surface area contributed by atoms with E-state index in [2.05, 4.69) is 29.0 Å². The minimum Gasteiger partial charge on any atom is -0.336 e. The maximum atomic E-state index is 12.6. The maximum absolute atomic E-state index is 12.6. The monoisotopic (exact) mass is 315 g/mol. The van der Waals surface area contributed by atoms with E-state index in [0.29, 0.717) is 30.0 Å². The Hall–Kier alpha value is -0.320. The second-order valence-electron chi connectivity index (χ2n) is 7.32. The molecule has 3 unspecified atom stereocenters. The van der Waals surface area contributed by atoms with Crippen LogP contribution in [0.25, 0.3) is 0 Å².